The molecule has 5 rings (SSSR count). The van der Waals surface area contributed by atoms with Crippen molar-refractivity contribution in [1.82, 2.24) is 14.1 Å². The summed E-state index contributed by atoms with van der Waals surface area (Å²) in [7, 11) is -0.0808. The zero-order chi connectivity index (χ0) is 28.7. The van der Waals surface area contributed by atoms with Crippen molar-refractivity contribution in [1.29, 1.82) is 0 Å². The zero-order valence-electron chi connectivity index (χ0n) is 23.4. The molecule has 2 aromatic heterocycles. The molecule has 1 N–H and O–H groups in total. The Morgan fingerprint density at radius 3 is 2.68 bits per heavy atom. The molecule has 10 heteroatoms. The molecule has 1 aliphatic carbocycles. The van der Waals surface area contributed by atoms with Crippen LogP contribution in [-0.2, 0) is 25.9 Å². The van der Waals surface area contributed by atoms with E-state index in [1.54, 1.807) is 55.4 Å². The Morgan fingerprint density at radius 1 is 1.12 bits per heavy atom. The fourth-order valence-corrected chi connectivity index (χ4v) is 7.84. The van der Waals surface area contributed by atoms with E-state index >= 15 is 0 Å². The number of hydrogen-bond acceptors (Lipinski definition) is 7. The highest BCUT2D eigenvalue weighted by molar-refractivity contribution is 8.13. The topological polar surface area (TPSA) is 94.3 Å². The molecule has 0 spiro atoms. The van der Waals surface area contributed by atoms with E-state index in [0.717, 1.165) is 53.4 Å². The number of aliphatic imine (C=N–C) groups is 1. The van der Waals surface area contributed by atoms with Crippen LogP contribution in [0.5, 0.6) is 5.75 Å². The number of imidazole rings is 1. The minimum atomic E-state index is -3.60. The van der Waals surface area contributed by atoms with Crippen LogP contribution in [0.3, 0.4) is 0 Å². The van der Waals surface area contributed by atoms with Crippen LogP contribution < -0.4 is 9.46 Å². The van der Waals surface area contributed by atoms with Gasteiger partial charge in [-0.3, -0.25) is 4.99 Å². The summed E-state index contributed by atoms with van der Waals surface area (Å²) in [5, 5.41) is 1.02. The molecular formula is C31H36N4O4S2. The van der Waals surface area contributed by atoms with Crippen molar-refractivity contribution in [2.75, 3.05) is 27.3 Å². The Balaban J connectivity index is 1.40. The van der Waals surface area contributed by atoms with E-state index in [-0.39, 0.29) is 24.2 Å². The predicted molar refractivity (Wildman–Crippen MR) is 164 cm³/mol. The smallest absolute Gasteiger partial charge is 0.240 e. The Hall–Kier alpha value is -3.18. The second-order valence-electron chi connectivity index (χ2n) is 10.1. The second kappa shape index (κ2) is 13.2. The number of fused-ring (bicyclic) bond motifs is 1. The molecule has 0 aliphatic heterocycles. The highest BCUT2D eigenvalue weighted by Gasteiger charge is 2.47. The van der Waals surface area contributed by atoms with Crippen molar-refractivity contribution in [2.24, 2.45) is 4.99 Å². The fraction of sp³-hybridized carbons (Fsp3) is 0.355. The van der Waals surface area contributed by atoms with Gasteiger partial charge in [0.15, 0.2) is 0 Å². The summed E-state index contributed by atoms with van der Waals surface area (Å²) in [6.45, 7) is 0.438. The predicted octanol–water partition coefficient (Wildman–Crippen LogP) is 5.48. The summed E-state index contributed by atoms with van der Waals surface area (Å²) in [6, 6.07) is 20.7. The molecule has 2 heterocycles. The highest BCUT2D eigenvalue weighted by atomic mass is 32.2. The Bertz CT molecular complexity index is 1570. The van der Waals surface area contributed by atoms with Gasteiger partial charge in [0.2, 0.25) is 10.0 Å². The standard InChI is InChI=1S/C31H36N4O4S2/c1-32-30(40-23-24-11-14-26(38-2)15-12-24)31(25-13-16-29-33-18-20-35(29)22-25)17-7-6-10-28(31)39-21-19-34-41(36,37)27-8-4-3-5-9-27/h3-5,8-9,11-16,18,20,22,28,34H,6-7,10,17,19,21,23H2,1-2H3. The Kier molecular flexibility index (Phi) is 9.44. The summed E-state index contributed by atoms with van der Waals surface area (Å²) in [5.41, 5.74) is 2.72. The molecule has 1 aliphatic rings. The minimum absolute atomic E-state index is 0.166. The van der Waals surface area contributed by atoms with Crippen LogP contribution in [0.1, 0.15) is 36.8 Å². The quantitative estimate of drug-likeness (QED) is 0.141. The maximum absolute atomic E-state index is 12.7. The first kappa shape index (κ1) is 29.3. The van der Waals surface area contributed by atoms with Crippen LogP contribution in [0.2, 0.25) is 0 Å². The van der Waals surface area contributed by atoms with Crippen LogP contribution in [0.4, 0.5) is 0 Å². The first-order valence-electron chi connectivity index (χ1n) is 13.8. The van der Waals surface area contributed by atoms with Gasteiger partial charge in [0.1, 0.15) is 11.4 Å². The van der Waals surface area contributed by atoms with Gasteiger partial charge in [-0.15, -0.1) is 11.8 Å². The van der Waals surface area contributed by atoms with Gasteiger partial charge in [-0.05, 0) is 54.3 Å². The normalized spacial score (nSPS) is 19.9. The van der Waals surface area contributed by atoms with Crippen molar-refractivity contribution >= 4 is 32.5 Å². The van der Waals surface area contributed by atoms with Crippen molar-refractivity contribution in [3.05, 3.63) is 96.4 Å². The van der Waals surface area contributed by atoms with Crippen molar-refractivity contribution < 1.29 is 17.9 Å². The van der Waals surface area contributed by atoms with Crippen molar-refractivity contribution in [3.63, 3.8) is 0 Å². The number of nitrogens with one attached hydrogen (secondary N) is 1. The lowest BCUT2D eigenvalue weighted by molar-refractivity contribution is -0.00166. The number of thioether (sulfide) groups is 1. The third-order valence-corrected chi connectivity index (χ3v) is 10.4. The number of nitrogens with zero attached hydrogens (tertiary/aromatic N) is 3. The SMILES string of the molecule is CN=C(SCc1ccc(OC)cc1)C1(c2ccc3nccn3c2)CCCCC1OCCNS(=O)(=O)c1ccccc1. The molecule has 41 heavy (non-hydrogen) atoms. The van der Waals surface area contributed by atoms with Crippen molar-refractivity contribution in [2.45, 2.75) is 47.9 Å². The van der Waals surface area contributed by atoms with Crippen LogP contribution in [-0.4, -0.2) is 56.3 Å². The average Bonchev–Trinajstić information content (AvgIpc) is 3.49. The molecular weight excluding hydrogens is 556 g/mol. The van der Waals surface area contributed by atoms with Crippen LogP contribution in [0.25, 0.3) is 5.65 Å². The summed E-state index contributed by atoms with van der Waals surface area (Å²) in [5.74, 6) is 1.59. The Labute approximate surface area is 246 Å². The monoisotopic (exact) mass is 592 g/mol. The molecule has 2 unspecified atom stereocenters. The molecule has 1 fully saturated rings. The summed E-state index contributed by atoms with van der Waals surface area (Å²) < 4.78 is 42.1. The lowest BCUT2D eigenvalue weighted by atomic mass is 9.68. The van der Waals surface area contributed by atoms with E-state index in [0.29, 0.717) is 0 Å². The summed E-state index contributed by atoms with van der Waals surface area (Å²) >= 11 is 1.73. The van der Waals surface area contributed by atoms with E-state index in [9.17, 15) is 8.42 Å². The number of rotatable bonds is 11. The van der Waals surface area contributed by atoms with Gasteiger partial charge in [0.25, 0.3) is 0 Å². The maximum Gasteiger partial charge on any atom is 0.240 e. The first-order chi connectivity index (χ1) is 20.0. The number of benzene rings is 2. The minimum Gasteiger partial charge on any atom is -0.497 e. The fourth-order valence-electron chi connectivity index (χ4n) is 5.58. The second-order valence-corrected chi connectivity index (χ2v) is 12.8. The molecule has 216 valence electrons. The van der Waals surface area contributed by atoms with Gasteiger partial charge in [-0.1, -0.05) is 49.2 Å². The molecule has 0 saturated heterocycles. The van der Waals surface area contributed by atoms with E-state index < -0.39 is 15.4 Å². The van der Waals surface area contributed by atoms with Crippen LogP contribution in [0.15, 0.2) is 95.2 Å². The number of sulfonamides is 1. The van der Waals surface area contributed by atoms with E-state index in [1.807, 2.05) is 35.8 Å². The third-order valence-electron chi connectivity index (χ3n) is 7.63. The van der Waals surface area contributed by atoms with Crippen molar-refractivity contribution in [3.8, 4) is 5.75 Å². The average molecular weight is 593 g/mol. The molecule has 0 radical (unpaired) electrons. The number of methoxy groups -OCH3 is 1. The molecule has 1 saturated carbocycles. The molecule has 8 nitrogen and oxygen atoms in total. The lowest BCUT2D eigenvalue weighted by Crippen LogP contribution is -2.50. The number of aromatic nitrogens is 2. The lowest BCUT2D eigenvalue weighted by Gasteiger charge is -2.45. The molecule has 0 bridgehead atoms. The number of ether oxygens (including phenoxy) is 2. The molecule has 4 aromatic rings. The van der Waals surface area contributed by atoms with Gasteiger partial charge in [0.05, 0.1) is 35.2 Å². The van der Waals surface area contributed by atoms with Crippen LogP contribution in [0, 0.1) is 0 Å². The van der Waals surface area contributed by atoms with Gasteiger partial charge < -0.3 is 13.9 Å². The summed E-state index contributed by atoms with van der Waals surface area (Å²) in [4.78, 5) is 9.55. The number of pyridine rings is 1. The third kappa shape index (κ3) is 6.51. The van der Waals surface area contributed by atoms with E-state index in [1.165, 1.54) is 5.56 Å². The molecule has 0 amide bonds. The Morgan fingerprint density at radius 2 is 1.93 bits per heavy atom. The highest BCUT2D eigenvalue weighted by Crippen LogP contribution is 2.46. The van der Waals surface area contributed by atoms with E-state index in [4.69, 9.17) is 14.5 Å². The molecule has 2 aromatic carbocycles. The molecule has 2 atom stereocenters. The summed E-state index contributed by atoms with van der Waals surface area (Å²) in [6.07, 6.45) is 9.55. The number of hydrogen-bond donors (Lipinski definition) is 1. The zero-order valence-corrected chi connectivity index (χ0v) is 25.0. The van der Waals surface area contributed by atoms with Crippen LogP contribution >= 0.6 is 11.8 Å². The van der Waals surface area contributed by atoms with Gasteiger partial charge in [-0.25, -0.2) is 18.1 Å². The first-order valence-corrected chi connectivity index (χ1v) is 16.3. The van der Waals surface area contributed by atoms with Gasteiger partial charge in [0, 0.05) is 37.9 Å². The van der Waals surface area contributed by atoms with Gasteiger partial charge in [-0.2, -0.15) is 0 Å². The van der Waals surface area contributed by atoms with Gasteiger partial charge >= 0.3 is 0 Å². The maximum atomic E-state index is 12.7. The van der Waals surface area contributed by atoms with E-state index in [2.05, 4.69) is 34.1 Å². The largest absolute Gasteiger partial charge is 0.497 e.